The Morgan fingerprint density at radius 3 is 1.41 bits per heavy atom. The molecule has 0 saturated carbocycles. The quantitative estimate of drug-likeness (QED) is 0.160. The van der Waals surface area contributed by atoms with Crippen LogP contribution in [-0.4, -0.2) is 14.5 Å². The predicted octanol–water partition coefficient (Wildman–Crippen LogP) is 16.7. The first-order valence-electron chi connectivity index (χ1n) is 23.7. The van der Waals surface area contributed by atoms with E-state index in [4.69, 9.17) is 9.97 Å². The Kier molecular flexibility index (Phi) is 8.88. The number of hydrogen-bond acceptors (Lipinski definition) is 3. The molecule has 68 heavy (non-hydrogen) atoms. The van der Waals surface area contributed by atoms with Gasteiger partial charge in [0.2, 0.25) is 5.95 Å². The van der Waals surface area contributed by atoms with Gasteiger partial charge in [0.25, 0.3) is 0 Å². The highest BCUT2D eigenvalue weighted by molar-refractivity contribution is 6.12. The molecule has 0 spiro atoms. The molecule has 2 aliphatic rings. The van der Waals surface area contributed by atoms with Gasteiger partial charge in [-0.1, -0.05) is 185 Å². The fourth-order valence-corrected chi connectivity index (χ4v) is 11.3. The predicted molar refractivity (Wildman–Crippen MR) is 282 cm³/mol. The molecule has 0 aliphatic heterocycles. The number of nitrogens with zero attached hydrogens (tertiary/aromatic N) is 4. The minimum absolute atomic E-state index is 0.0959. The Hall–Kier alpha value is -8.34. The minimum atomic E-state index is -0.183. The fourth-order valence-electron chi connectivity index (χ4n) is 11.3. The summed E-state index contributed by atoms with van der Waals surface area (Å²) < 4.78 is 2.30. The Balaban J connectivity index is 1.07. The van der Waals surface area contributed by atoms with Crippen molar-refractivity contribution in [1.29, 1.82) is 0 Å². The van der Waals surface area contributed by atoms with Crippen molar-refractivity contribution in [2.24, 2.45) is 0 Å². The van der Waals surface area contributed by atoms with Crippen molar-refractivity contribution in [2.75, 3.05) is 4.90 Å². The number of anilines is 3. The van der Waals surface area contributed by atoms with E-state index in [1.165, 1.54) is 61.0 Å². The van der Waals surface area contributed by atoms with E-state index < -0.39 is 0 Å². The Morgan fingerprint density at radius 1 is 0.338 bits per heavy atom. The highest BCUT2D eigenvalue weighted by Crippen LogP contribution is 2.53. The second-order valence-corrected chi connectivity index (χ2v) is 19.4. The number of hydrogen-bond donors (Lipinski definition) is 0. The molecule has 0 unspecified atom stereocenters. The van der Waals surface area contributed by atoms with Crippen molar-refractivity contribution < 1.29 is 0 Å². The monoisotopic (exact) mass is 872 g/mol. The molecule has 2 aliphatic carbocycles. The maximum absolute atomic E-state index is 5.43. The summed E-state index contributed by atoms with van der Waals surface area (Å²) >= 11 is 0. The average molecular weight is 873 g/mol. The third-order valence-corrected chi connectivity index (χ3v) is 14.8. The summed E-state index contributed by atoms with van der Waals surface area (Å²) in [5.41, 5.74) is 21.8. The topological polar surface area (TPSA) is 34.0 Å². The first-order chi connectivity index (χ1) is 33.2. The van der Waals surface area contributed by atoms with Gasteiger partial charge in [0, 0.05) is 49.8 Å². The number of benzene rings is 9. The van der Waals surface area contributed by atoms with Crippen LogP contribution in [0.4, 0.5) is 17.1 Å². The van der Waals surface area contributed by atoms with Crippen LogP contribution < -0.4 is 4.90 Å². The molecule has 4 nitrogen and oxygen atoms in total. The lowest BCUT2D eigenvalue weighted by Gasteiger charge is -2.27. The van der Waals surface area contributed by atoms with E-state index in [1.807, 2.05) is 0 Å². The van der Waals surface area contributed by atoms with Crippen LogP contribution in [0.2, 0.25) is 0 Å². The normalized spacial score (nSPS) is 13.8. The summed E-state index contributed by atoms with van der Waals surface area (Å²) in [5, 5.41) is 2.31. The second kappa shape index (κ2) is 15.1. The van der Waals surface area contributed by atoms with Crippen LogP contribution in [0.1, 0.15) is 49.9 Å². The molecule has 4 heteroatoms. The lowest BCUT2D eigenvalue weighted by molar-refractivity contribution is 0.660. The first-order valence-corrected chi connectivity index (χ1v) is 23.7. The van der Waals surface area contributed by atoms with Crippen LogP contribution in [0.3, 0.4) is 0 Å². The summed E-state index contributed by atoms with van der Waals surface area (Å²) in [6, 6.07) is 79.4. The Bertz CT molecular complexity index is 3710. The van der Waals surface area contributed by atoms with E-state index >= 15 is 0 Å². The van der Waals surface area contributed by atoms with E-state index in [0.717, 1.165) is 56.0 Å². The van der Waals surface area contributed by atoms with Crippen LogP contribution in [0, 0.1) is 0 Å². The van der Waals surface area contributed by atoms with Gasteiger partial charge in [-0.2, -0.15) is 0 Å². The molecule has 2 heterocycles. The third kappa shape index (κ3) is 6.14. The molecule has 0 bridgehead atoms. The molecular weight excluding hydrogens is 825 g/mol. The molecular formula is C64H48N4. The average Bonchev–Trinajstić information content (AvgIpc) is 3.92. The first kappa shape index (κ1) is 40.0. The fraction of sp³-hybridized carbons (Fsp3) is 0.0938. The summed E-state index contributed by atoms with van der Waals surface area (Å²) in [5.74, 6) is 0.636. The van der Waals surface area contributed by atoms with Gasteiger partial charge in [-0.25, -0.2) is 9.97 Å². The van der Waals surface area contributed by atoms with Gasteiger partial charge >= 0.3 is 0 Å². The van der Waals surface area contributed by atoms with Crippen LogP contribution in [0.5, 0.6) is 0 Å². The molecule has 13 rings (SSSR count). The molecule has 0 amide bonds. The summed E-state index contributed by atoms with van der Waals surface area (Å²) in [6.07, 6.45) is 0. The van der Waals surface area contributed by atoms with E-state index in [2.05, 4.69) is 256 Å². The Morgan fingerprint density at radius 2 is 0.794 bits per heavy atom. The number of aromatic nitrogens is 3. The zero-order chi connectivity index (χ0) is 45.7. The van der Waals surface area contributed by atoms with Crippen molar-refractivity contribution in [3.05, 3.63) is 241 Å². The lowest BCUT2D eigenvalue weighted by Crippen LogP contribution is -2.15. The summed E-state index contributed by atoms with van der Waals surface area (Å²) in [4.78, 5) is 13.3. The maximum Gasteiger partial charge on any atom is 0.235 e. The zero-order valence-electron chi connectivity index (χ0n) is 38.6. The maximum atomic E-state index is 5.43. The van der Waals surface area contributed by atoms with Crippen LogP contribution in [-0.2, 0) is 10.8 Å². The minimum Gasteiger partial charge on any atom is -0.310 e. The van der Waals surface area contributed by atoms with Gasteiger partial charge in [0.15, 0.2) is 0 Å². The van der Waals surface area contributed by atoms with Crippen LogP contribution in [0.15, 0.2) is 218 Å². The molecule has 0 radical (unpaired) electrons. The molecule has 9 aromatic carbocycles. The van der Waals surface area contributed by atoms with Gasteiger partial charge in [-0.15, -0.1) is 0 Å². The number of rotatable bonds is 7. The molecule has 0 N–H and O–H groups in total. The molecule has 11 aromatic rings. The van der Waals surface area contributed by atoms with Crippen LogP contribution in [0.25, 0.3) is 83.6 Å². The van der Waals surface area contributed by atoms with Crippen molar-refractivity contribution in [2.45, 2.75) is 38.5 Å². The highest BCUT2D eigenvalue weighted by Gasteiger charge is 2.37. The molecule has 0 atom stereocenters. The third-order valence-electron chi connectivity index (χ3n) is 14.8. The van der Waals surface area contributed by atoms with Crippen molar-refractivity contribution in [3.63, 3.8) is 0 Å². The van der Waals surface area contributed by atoms with Crippen molar-refractivity contribution >= 4 is 38.9 Å². The lowest BCUT2D eigenvalue weighted by atomic mass is 9.82. The van der Waals surface area contributed by atoms with Gasteiger partial charge in [-0.3, -0.25) is 4.57 Å². The molecule has 2 aromatic heterocycles. The second-order valence-electron chi connectivity index (χ2n) is 19.4. The Labute approximate surface area is 397 Å². The van der Waals surface area contributed by atoms with E-state index in [0.29, 0.717) is 5.95 Å². The molecule has 324 valence electrons. The number of fused-ring (bicyclic) bond motifs is 9. The SMILES string of the molecule is CC1(C)c2ccccc2-c2cc(N(c3ccc(-c4ccccc4)cc3)c3ccc4c(c3)c3cc5c(cc3n4-c3nc(-c4ccccc4)cc(-c4ccccc4)n3)-c3ccccc3C5(C)C)ccc21. The van der Waals surface area contributed by atoms with Crippen molar-refractivity contribution in [1.82, 2.24) is 14.5 Å². The van der Waals surface area contributed by atoms with Gasteiger partial charge < -0.3 is 4.90 Å². The standard InChI is InChI=1S/C64H48N4/c1-63(2)54-26-16-14-24-48(54)50-36-46(32-34-56(50)63)67(45-30-28-42(29-31-45)41-18-8-5-9-19-41)47-33-35-60-52(37-47)53-38-57-51(49-25-15-17-27-55(49)64(57,3)4)39-61(53)68(60)62-65-58(43-20-10-6-11-21-43)40-59(66-62)44-22-12-7-13-23-44/h5-40H,1-4H3. The molecule has 0 fully saturated rings. The van der Waals surface area contributed by atoms with E-state index in [9.17, 15) is 0 Å². The van der Waals surface area contributed by atoms with E-state index in [-0.39, 0.29) is 10.8 Å². The molecule has 0 saturated heterocycles. The summed E-state index contributed by atoms with van der Waals surface area (Å²) in [7, 11) is 0. The highest BCUT2D eigenvalue weighted by atomic mass is 15.2. The van der Waals surface area contributed by atoms with Gasteiger partial charge in [-0.05, 0) is 116 Å². The van der Waals surface area contributed by atoms with Gasteiger partial charge in [0.1, 0.15) is 0 Å². The van der Waals surface area contributed by atoms with Crippen molar-refractivity contribution in [3.8, 4) is 61.8 Å². The van der Waals surface area contributed by atoms with Gasteiger partial charge in [0.05, 0.1) is 22.4 Å². The largest absolute Gasteiger partial charge is 0.310 e. The van der Waals surface area contributed by atoms with Crippen LogP contribution >= 0.6 is 0 Å². The van der Waals surface area contributed by atoms with E-state index in [1.54, 1.807) is 0 Å². The summed E-state index contributed by atoms with van der Waals surface area (Å²) in [6.45, 7) is 9.42. The smallest absolute Gasteiger partial charge is 0.235 e. The zero-order valence-corrected chi connectivity index (χ0v) is 38.6.